The van der Waals surface area contributed by atoms with Crippen LogP contribution < -0.4 is 0 Å². The van der Waals surface area contributed by atoms with Crippen LogP contribution in [0, 0.1) is 22.7 Å². The quantitative estimate of drug-likeness (QED) is 0.238. The topological polar surface area (TPSA) is 132 Å². The molecule has 3 aliphatic carbocycles. The predicted molar refractivity (Wildman–Crippen MR) is 178 cm³/mol. The molecule has 4 atom stereocenters. The van der Waals surface area contributed by atoms with E-state index in [1.54, 1.807) is 20.8 Å². The molecule has 1 fully saturated rings. The molecule has 0 spiro atoms. The van der Waals surface area contributed by atoms with E-state index in [0.29, 0.717) is 24.3 Å². The summed E-state index contributed by atoms with van der Waals surface area (Å²) in [5.74, 6) is -4.60. The molecule has 1 saturated carbocycles. The number of benzene rings is 2. The summed E-state index contributed by atoms with van der Waals surface area (Å²) in [5.41, 5.74) is -0.940. The zero-order valence-corrected chi connectivity index (χ0v) is 28.5. The largest absolute Gasteiger partial charge is 0.508 e. The summed E-state index contributed by atoms with van der Waals surface area (Å²) in [5, 5.41) is 47.5. The minimum absolute atomic E-state index is 0.0351. The molecule has 0 radical (unpaired) electrons. The monoisotopic (exact) mass is 628 g/mol. The minimum Gasteiger partial charge on any atom is -0.508 e. The lowest BCUT2D eigenvalue weighted by molar-refractivity contribution is -0.178. The summed E-state index contributed by atoms with van der Waals surface area (Å²) in [6, 6.07) is 10.4. The second-order valence-electron chi connectivity index (χ2n) is 15.3. The Morgan fingerprint density at radius 1 is 0.935 bits per heavy atom. The number of aliphatic hydroxyl groups excluding tert-OH is 2. The number of Topliss-reactive ketones (excluding diaryl/α,β-unsaturated/α-hetero) is 3. The van der Waals surface area contributed by atoms with Gasteiger partial charge in [0, 0.05) is 22.3 Å². The number of aryl methyl sites for hydroxylation is 2. The van der Waals surface area contributed by atoms with Gasteiger partial charge in [-0.2, -0.15) is 0 Å². The summed E-state index contributed by atoms with van der Waals surface area (Å²) >= 11 is 0. The highest BCUT2D eigenvalue weighted by Crippen LogP contribution is 2.65. The zero-order valence-electron chi connectivity index (χ0n) is 28.5. The van der Waals surface area contributed by atoms with Crippen molar-refractivity contribution in [1.29, 1.82) is 0 Å². The molecule has 0 saturated heterocycles. The molecule has 0 amide bonds. The number of aliphatic hydroxyl groups is 3. The third-order valence-corrected chi connectivity index (χ3v) is 11.1. The lowest BCUT2D eigenvalue weighted by Crippen LogP contribution is -2.69. The van der Waals surface area contributed by atoms with Crippen molar-refractivity contribution in [2.24, 2.45) is 22.7 Å². The molecule has 3 aliphatic rings. The SMILES string of the molecule is CC(=O)C1=C(O)[C@]2(O)C(=O)C3=C(O)c4c(O)c(CCc5ccc(C(C)C)cc5)cc(C(C)C)c4C[C@]3(C)C[C@]2(C)C(C(C)C)C1=O. The molecule has 2 aromatic rings. The van der Waals surface area contributed by atoms with Crippen LogP contribution >= 0.6 is 0 Å². The van der Waals surface area contributed by atoms with Gasteiger partial charge in [-0.1, -0.05) is 85.7 Å². The van der Waals surface area contributed by atoms with Crippen molar-refractivity contribution in [3.8, 4) is 5.75 Å². The standard InChI is InChI=1S/C39H48O7/c1-19(2)24-13-10-23(11-14-24)12-15-25-16-26(20(3)4)27-17-37(8)18-38(9)30(21(5)6)33(42)28(22(7)40)35(44)39(38,46)36(45)31(37)34(43)29(27)32(25)41/h10-11,13-14,16,19-21,30,41,43-44,46H,12,15,17-18H2,1-9H3/t30?,37-,38-,39+/m1/s1. The number of carbonyl (C=O) groups is 3. The average molecular weight is 629 g/mol. The van der Waals surface area contributed by atoms with E-state index in [9.17, 15) is 34.8 Å². The molecule has 1 unspecified atom stereocenters. The lowest BCUT2D eigenvalue weighted by atomic mass is 9.43. The number of aromatic hydroxyl groups is 1. The summed E-state index contributed by atoms with van der Waals surface area (Å²) < 4.78 is 0. The number of ketones is 3. The van der Waals surface area contributed by atoms with Crippen molar-refractivity contribution in [2.45, 2.75) is 105 Å². The molecular weight excluding hydrogens is 580 g/mol. The first-order valence-electron chi connectivity index (χ1n) is 16.5. The zero-order chi connectivity index (χ0) is 34.3. The van der Waals surface area contributed by atoms with Gasteiger partial charge in [-0.3, -0.25) is 14.4 Å². The molecule has 0 bridgehead atoms. The first kappa shape index (κ1) is 33.6. The van der Waals surface area contributed by atoms with Gasteiger partial charge >= 0.3 is 0 Å². The van der Waals surface area contributed by atoms with Gasteiger partial charge in [-0.15, -0.1) is 0 Å². The molecule has 7 nitrogen and oxygen atoms in total. The van der Waals surface area contributed by atoms with Gasteiger partial charge in [0.1, 0.15) is 22.8 Å². The smallest absolute Gasteiger partial charge is 0.203 e. The molecule has 7 heteroatoms. The van der Waals surface area contributed by atoms with E-state index in [1.165, 1.54) is 5.56 Å². The molecule has 2 aromatic carbocycles. The Bertz CT molecular complexity index is 1710. The highest BCUT2D eigenvalue weighted by molar-refractivity contribution is 6.24. The Balaban J connectivity index is 1.69. The Hall–Kier alpha value is -3.71. The molecular formula is C39H48O7. The number of phenols is 1. The van der Waals surface area contributed by atoms with Gasteiger partial charge in [-0.25, -0.2) is 0 Å². The van der Waals surface area contributed by atoms with Crippen LogP contribution in [0.3, 0.4) is 0 Å². The Morgan fingerprint density at radius 2 is 1.54 bits per heavy atom. The van der Waals surface area contributed by atoms with E-state index in [-0.39, 0.29) is 41.6 Å². The van der Waals surface area contributed by atoms with Crippen molar-refractivity contribution in [2.75, 3.05) is 0 Å². The van der Waals surface area contributed by atoms with Gasteiger partial charge in [0.2, 0.25) is 5.78 Å². The van der Waals surface area contributed by atoms with E-state index in [4.69, 9.17) is 0 Å². The van der Waals surface area contributed by atoms with Crippen LogP contribution in [0.1, 0.15) is 114 Å². The van der Waals surface area contributed by atoms with Crippen molar-refractivity contribution in [3.05, 3.63) is 80.6 Å². The second kappa shape index (κ2) is 11.2. The van der Waals surface area contributed by atoms with Crippen LogP contribution in [0.25, 0.3) is 5.76 Å². The number of phenolic OH excluding ortho intramolecular Hbond substituents is 1. The maximum absolute atomic E-state index is 14.6. The lowest BCUT2D eigenvalue weighted by Gasteiger charge is -2.60. The number of fused-ring (bicyclic) bond motifs is 3. The molecule has 0 heterocycles. The third kappa shape index (κ3) is 4.68. The number of carbonyl (C=O) groups excluding carboxylic acids is 3. The van der Waals surface area contributed by atoms with Crippen molar-refractivity contribution >= 4 is 23.1 Å². The third-order valence-electron chi connectivity index (χ3n) is 11.1. The molecule has 46 heavy (non-hydrogen) atoms. The number of allylic oxidation sites excluding steroid dienone is 1. The average Bonchev–Trinajstić information content (AvgIpc) is 2.94. The summed E-state index contributed by atoms with van der Waals surface area (Å²) in [4.78, 5) is 41.0. The summed E-state index contributed by atoms with van der Waals surface area (Å²) in [6.45, 7) is 16.6. The summed E-state index contributed by atoms with van der Waals surface area (Å²) in [6.07, 6.45) is 1.52. The second-order valence-corrected chi connectivity index (χ2v) is 15.3. The van der Waals surface area contributed by atoms with Crippen LogP contribution in [0.15, 0.2) is 47.2 Å². The van der Waals surface area contributed by atoms with E-state index in [1.807, 2.05) is 26.8 Å². The summed E-state index contributed by atoms with van der Waals surface area (Å²) in [7, 11) is 0. The highest BCUT2D eigenvalue weighted by Gasteiger charge is 2.72. The van der Waals surface area contributed by atoms with Crippen LogP contribution in [0.5, 0.6) is 5.75 Å². The molecule has 4 N–H and O–H groups in total. The van der Waals surface area contributed by atoms with Crippen molar-refractivity contribution in [3.63, 3.8) is 0 Å². The fourth-order valence-electron chi connectivity index (χ4n) is 8.93. The van der Waals surface area contributed by atoms with Gasteiger partial charge in [-0.05, 0) is 78.2 Å². The Labute approximate surface area is 272 Å². The molecule has 0 aliphatic heterocycles. The van der Waals surface area contributed by atoms with Crippen LogP contribution in [-0.4, -0.2) is 43.4 Å². The normalized spacial score (nSPS) is 27.8. The van der Waals surface area contributed by atoms with Crippen molar-refractivity contribution in [1.82, 2.24) is 0 Å². The van der Waals surface area contributed by atoms with Crippen LogP contribution in [0.2, 0.25) is 0 Å². The molecule has 5 rings (SSSR count). The number of hydrogen-bond donors (Lipinski definition) is 4. The van der Waals surface area contributed by atoms with Crippen LogP contribution in [0.4, 0.5) is 0 Å². The number of hydrogen-bond acceptors (Lipinski definition) is 7. The van der Waals surface area contributed by atoms with E-state index in [2.05, 4.69) is 38.1 Å². The van der Waals surface area contributed by atoms with Crippen molar-refractivity contribution < 1.29 is 34.8 Å². The first-order chi connectivity index (χ1) is 21.3. The molecule has 246 valence electrons. The van der Waals surface area contributed by atoms with Gasteiger partial charge < -0.3 is 20.4 Å². The van der Waals surface area contributed by atoms with E-state index >= 15 is 0 Å². The maximum atomic E-state index is 14.6. The van der Waals surface area contributed by atoms with Gasteiger partial charge in [0.05, 0.1) is 5.56 Å². The Morgan fingerprint density at radius 3 is 2.07 bits per heavy atom. The Kier molecular flexibility index (Phi) is 8.21. The van der Waals surface area contributed by atoms with E-state index in [0.717, 1.165) is 23.6 Å². The highest BCUT2D eigenvalue weighted by atomic mass is 16.3. The predicted octanol–water partition coefficient (Wildman–Crippen LogP) is 7.22. The minimum atomic E-state index is -2.62. The van der Waals surface area contributed by atoms with Gasteiger partial charge in [0.15, 0.2) is 17.2 Å². The van der Waals surface area contributed by atoms with E-state index < -0.39 is 56.8 Å². The fourth-order valence-corrected chi connectivity index (χ4v) is 8.93. The first-order valence-corrected chi connectivity index (χ1v) is 16.5. The maximum Gasteiger partial charge on any atom is 0.203 e. The fraction of sp³-hybridized carbons (Fsp3) is 0.513. The van der Waals surface area contributed by atoms with Crippen LogP contribution in [-0.2, 0) is 33.6 Å². The van der Waals surface area contributed by atoms with Gasteiger partial charge in [0.25, 0.3) is 0 Å². The molecule has 0 aromatic heterocycles. The number of rotatable bonds is 7.